The van der Waals surface area contributed by atoms with E-state index in [4.69, 9.17) is 0 Å². The average molecular weight is 172 g/mol. The normalized spacial score (nSPS) is 18.0. The van der Waals surface area contributed by atoms with E-state index in [1.165, 1.54) is 12.0 Å². The van der Waals surface area contributed by atoms with Gasteiger partial charge in [0.25, 0.3) is 0 Å². The van der Waals surface area contributed by atoms with Gasteiger partial charge in [0.1, 0.15) is 6.54 Å². The molecule has 0 spiro atoms. The van der Waals surface area contributed by atoms with Crippen molar-refractivity contribution < 1.29 is 14.3 Å². The summed E-state index contributed by atoms with van der Waals surface area (Å²) < 4.78 is 4.49. The molecule has 0 aromatic heterocycles. The Bertz CT molecular complexity index is 203. The Morgan fingerprint density at radius 3 is 2.67 bits per heavy atom. The van der Waals surface area contributed by atoms with Crippen LogP contribution in [0.1, 0.15) is 0 Å². The van der Waals surface area contributed by atoms with Gasteiger partial charge in [-0.2, -0.15) is 0 Å². The predicted molar refractivity (Wildman–Crippen MR) is 41.6 cm³/mol. The van der Waals surface area contributed by atoms with E-state index in [0.717, 1.165) is 0 Å². The standard InChI is InChI=1S/C7H12N2O3/c1-8-3-4-9(5-6(8)10)7(11)12-2/h3-5H2,1-2H3. The molecule has 1 fully saturated rings. The Labute approximate surface area is 70.9 Å². The minimum atomic E-state index is -0.434. The maximum atomic E-state index is 11.1. The third-order valence-corrected chi connectivity index (χ3v) is 1.89. The average Bonchev–Trinajstić information content (AvgIpc) is 2.08. The zero-order chi connectivity index (χ0) is 9.14. The summed E-state index contributed by atoms with van der Waals surface area (Å²) in [5.41, 5.74) is 0. The maximum absolute atomic E-state index is 11.1. The molecule has 1 aliphatic rings. The first-order valence-electron chi connectivity index (χ1n) is 3.72. The fourth-order valence-corrected chi connectivity index (χ4v) is 1.04. The number of likely N-dealkylation sites (N-methyl/N-ethyl adjacent to an activating group) is 1. The van der Waals surface area contributed by atoms with Gasteiger partial charge in [-0.3, -0.25) is 9.69 Å². The maximum Gasteiger partial charge on any atom is 0.410 e. The molecule has 0 saturated carbocycles. The second-order valence-corrected chi connectivity index (χ2v) is 2.71. The van der Waals surface area contributed by atoms with Crippen LogP contribution in [0.4, 0.5) is 4.79 Å². The summed E-state index contributed by atoms with van der Waals surface area (Å²) in [6, 6.07) is 0. The fraction of sp³-hybridized carbons (Fsp3) is 0.714. The van der Waals surface area contributed by atoms with Crippen molar-refractivity contribution >= 4 is 12.0 Å². The summed E-state index contributed by atoms with van der Waals surface area (Å²) in [6.07, 6.45) is -0.434. The Balaban J connectivity index is 2.51. The van der Waals surface area contributed by atoms with Crippen LogP contribution in [-0.4, -0.2) is 55.6 Å². The molecule has 12 heavy (non-hydrogen) atoms. The highest BCUT2D eigenvalue weighted by Crippen LogP contribution is 2.01. The number of nitrogens with zero attached hydrogens (tertiary/aromatic N) is 2. The fourth-order valence-electron chi connectivity index (χ4n) is 1.04. The molecule has 1 rings (SSSR count). The zero-order valence-corrected chi connectivity index (χ0v) is 7.24. The third-order valence-electron chi connectivity index (χ3n) is 1.89. The summed E-state index contributed by atoms with van der Waals surface area (Å²) in [5, 5.41) is 0. The second kappa shape index (κ2) is 3.42. The predicted octanol–water partition coefficient (Wildman–Crippen LogP) is -0.473. The van der Waals surface area contributed by atoms with E-state index >= 15 is 0 Å². The van der Waals surface area contributed by atoms with Gasteiger partial charge in [0.05, 0.1) is 7.11 Å². The highest BCUT2D eigenvalue weighted by atomic mass is 16.5. The summed E-state index contributed by atoms with van der Waals surface area (Å²) >= 11 is 0. The molecule has 0 unspecified atom stereocenters. The number of amides is 2. The van der Waals surface area contributed by atoms with Crippen molar-refractivity contribution in [2.24, 2.45) is 0 Å². The topological polar surface area (TPSA) is 49.9 Å². The van der Waals surface area contributed by atoms with Crippen LogP contribution in [0.3, 0.4) is 0 Å². The molecule has 0 bridgehead atoms. The smallest absolute Gasteiger partial charge is 0.410 e. The minimum absolute atomic E-state index is 0.0494. The van der Waals surface area contributed by atoms with Crippen LogP contribution < -0.4 is 0 Å². The molecule has 0 N–H and O–H groups in total. The van der Waals surface area contributed by atoms with Crippen molar-refractivity contribution in [3.8, 4) is 0 Å². The molecule has 0 aliphatic carbocycles. The van der Waals surface area contributed by atoms with Crippen molar-refractivity contribution in [3.05, 3.63) is 0 Å². The minimum Gasteiger partial charge on any atom is -0.453 e. The second-order valence-electron chi connectivity index (χ2n) is 2.71. The third kappa shape index (κ3) is 1.66. The van der Waals surface area contributed by atoms with E-state index in [0.29, 0.717) is 13.1 Å². The first-order chi connectivity index (χ1) is 5.65. The molecule has 5 heteroatoms. The van der Waals surface area contributed by atoms with E-state index in [1.54, 1.807) is 11.9 Å². The molecule has 1 aliphatic heterocycles. The van der Waals surface area contributed by atoms with Gasteiger partial charge >= 0.3 is 6.09 Å². The van der Waals surface area contributed by atoms with Gasteiger partial charge in [-0.1, -0.05) is 0 Å². The number of piperazine rings is 1. The zero-order valence-electron chi connectivity index (χ0n) is 7.24. The van der Waals surface area contributed by atoms with Crippen molar-refractivity contribution in [2.75, 3.05) is 33.8 Å². The number of methoxy groups -OCH3 is 1. The summed E-state index contributed by atoms with van der Waals surface area (Å²) in [5.74, 6) is -0.0494. The van der Waals surface area contributed by atoms with Gasteiger partial charge in [0, 0.05) is 20.1 Å². The Morgan fingerprint density at radius 2 is 2.17 bits per heavy atom. The Hall–Kier alpha value is -1.26. The van der Waals surface area contributed by atoms with Gasteiger partial charge in [0.15, 0.2) is 0 Å². The van der Waals surface area contributed by atoms with Crippen molar-refractivity contribution in [1.29, 1.82) is 0 Å². The number of rotatable bonds is 0. The molecule has 2 amide bonds. The van der Waals surface area contributed by atoms with Crippen LogP contribution in [0.15, 0.2) is 0 Å². The molecule has 0 aromatic rings. The first-order valence-corrected chi connectivity index (χ1v) is 3.72. The monoisotopic (exact) mass is 172 g/mol. The molecular formula is C7H12N2O3. The van der Waals surface area contributed by atoms with Gasteiger partial charge in [-0.15, -0.1) is 0 Å². The lowest BCUT2D eigenvalue weighted by molar-refractivity contribution is -0.133. The largest absolute Gasteiger partial charge is 0.453 e. The van der Waals surface area contributed by atoms with Gasteiger partial charge < -0.3 is 9.64 Å². The quantitative estimate of drug-likeness (QED) is 0.496. The van der Waals surface area contributed by atoms with Crippen LogP contribution in [0.25, 0.3) is 0 Å². The number of carbonyl (C=O) groups is 2. The van der Waals surface area contributed by atoms with Gasteiger partial charge in [-0.05, 0) is 0 Å². The molecule has 0 radical (unpaired) electrons. The molecule has 1 saturated heterocycles. The number of hydrogen-bond donors (Lipinski definition) is 0. The Kier molecular flexibility index (Phi) is 2.52. The number of hydrogen-bond acceptors (Lipinski definition) is 3. The van der Waals surface area contributed by atoms with Crippen molar-refractivity contribution in [3.63, 3.8) is 0 Å². The lowest BCUT2D eigenvalue weighted by Gasteiger charge is -2.30. The molecule has 5 nitrogen and oxygen atoms in total. The van der Waals surface area contributed by atoms with Crippen LogP contribution >= 0.6 is 0 Å². The van der Waals surface area contributed by atoms with Crippen LogP contribution in [-0.2, 0) is 9.53 Å². The first kappa shape index (κ1) is 8.83. The van der Waals surface area contributed by atoms with Gasteiger partial charge in [0.2, 0.25) is 5.91 Å². The highest BCUT2D eigenvalue weighted by molar-refractivity contribution is 5.83. The number of ether oxygens (including phenoxy) is 1. The van der Waals surface area contributed by atoms with Crippen LogP contribution in [0, 0.1) is 0 Å². The summed E-state index contributed by atoms with van der Waals surface area (Å²) in [4.78, 5) is 25.0. The lowest BCUT2D eigenvalue weighted by Crippen LogP contribution is -2.50. The van der Waals surface area contributed by atoms with E-state index in [-0.39, 0.29) is 12.5 Å². The van der Waals surface area contributed by atoms with Gasteiger partial charge in [-0.25, -0.2) is 4.79 Å². The lowest BCUT2D eigenvalue weighted by atomic mass is 10.3. The van der Waals surface area contributed by atoms with E-state index < -0.39 is 6.09 Å². The Morgan fingerprint density at radius 1 is 1.50 bits per heavy atom. The number of carbonyl (C=O) groups excluding carboxylic acids is 2. The van der Waals surface area contributed by atoms with Crippen LogP contribution in [0.2, 0.25) is 0 Å². The SMILES string of the molecule is COC(=O)N1CCN(C)C(=O)C1. The molecule has 1 heterocycles. The molecule has 0 aromatic carbocycles. The molecule has 0 atom stereocenters. The highest BCUT2D eigenvalue weighted by Gasteiger charge is 2.24. The van der Waals surface area contributed by atoms with E-state index in [2.05, 4.69) is 4.74 Å². The van der Waals surface area contributed by atoms with Crippen molar-refractivity contribution in [2.45, 2.75) is 0 Å². The van der Waals surface area contributed by atoms with E-state index in [1.807, 2.05) is 0 Å². The van der Waals surface area contributed by atoms with Crippen molar-refractivity contribution in [1.82, 2.24) is 9.80 Å². The summed E-state index contributed by atoms with van der Waals surface area (Å²) in [7, 11) is 3.03. The van der Waals surface area contributed by atoms with Crippen LogP contribution in [0.5, 0.6) is 0 Å². The van der Waals surface area contributed by atoms with E-state index in [9.17, 15) is 9.59 Å². The molecular weight excluding hydrogens is 160 g/mol. The molecule has 68 valence electrons. The summed E-state index contributed by atoms with van der Waals surface area (Å²) in [6.45, 7) is 1.26.